The molecular weight excluding hydrogens is 214 g/mol. The summed E-state index contributed by atoms with van der Waals surface area (Å²) in [5.74, 6) is 0. The minimum absolute atomic E-state index is 0.381. The van der Waals surface area contributed by atoms with E-state index in [2.05, 4.69) is 21.7 Å². The van der Waals surface area contributed by atoms with Gasteiger partial charge in [0.2, 0.25) is 0 Å². The van der Waals surface area contributed by atoms with Crippen LogP contribution in [0.2, 0.25) is 0 Å². The molecule has 3 heteroatoms. The summed E-state index contributed by atoms with van der Waals surface area (Å²) in [5.41, 5.74) is 1.46. The lowest BCUT2D eigenvalue weighted by molar-refractivity contribution is 0.235. The zero-order valence-corrected chi connectivity index (χ0v) is 9.86. The van der Waals surface area contributed by atoms with Crippen LogP contribution in [0.4, 0.5) is 0 Å². The van der Waals surface area contributed by atoms with E-state index in [4.69, 9.17) is 11.6 Å². The van der Waals surface area contributed by atoms with Crippen molar-refractivity contribution >= 4 is 22.9 Å². The zero-order valence-electron chi connectivity index (χ0n) is 8.29. The number of hydrogen-bond acceptors (Lipinski definition) is 2. The molecule has 1 saturated heterocycles. The van der Waals surface area contributed by atoms with E-state index < -0.39 is 0 Å². The Morgan fingerprint density at radius 1 is 1.57 bits per heavy atom. The molecule has 0 saturated carbocycles. The first kappa shape index (κ1) is 10.5. The maximum atomic E-state index is 6.13. The number of thiophene rings is 1. The highest BCUT2D eigenvalue weighted by Gasteiger charge is 2.16. The van der Waals surface area contributed by atoms with Crippen molar-refractivity contribution in [2.75, 3.05) is 19.6 Å². The molecule has 1 aromatic rings. The normalized spacial score (nSPS) is 23.9. The number of rotatable bonds is 3. The molecule has 1 aliphatic heterocycles. The van der Waals surface area contributed by atoms with Gasteiger partial charge in [-0.05, 0) is 48.2 Å². The van der Waals surface area contributed by atoms with Crippen LogP contribution in [0.3, 0.4) is 0 Å². The SMILES string of the molecule is ClC1CCCN(CCc2ccsc2)C1. The molecule has 1 nitrogen and oxygen atoms in total. The van der Waals surface area contributed by atoms with Crippen LogP contribution in [-0.2, 0) is 6.42 Å². The first-order chi connectivity index (χ1) is 6.84. The number of halogens is 1. The molecule has 0 aromatic carbocycles. The molecule has 1 unspecified atom stereocenters. The van der Waals surface area contributed by atoms with Crippen molar-refractivity contribution in [3.8, 4) is 0 Å². The second-order valence-electron chi connectivity index (χ2n) is 3.92. The maximum Gasteiger partial charge on any atom is 0.0463 e. The van der Waals surface area contributed by atoms with E-state index in [0.29, 0.717) is 5.38 Å². The molecule has 0 amide bonds. The summed E-state index contributed by atoms with van der Waals surface area (Å²) in [6.45, 7) is 3.47. The number of likely N-dealkylation sites (tertiary alicyclic amines) is 1. The number of hydrogen-bond donors (Lipinski definition) is 0. The molecule has 2 rings (SSSR count). The predicted octanol–water partition coefficient (Wildman–Crippen LogP) is 2.99. The Morgan fingerprint density at radius 2 is 2.50 bits per heavy atom. The van der Waals surface area contributed by atoms with Crippen LogP contribution in [0.1, 0.15) is 18.4 Å². The van der Waals surface area contributed by atoms with E-state index >= 15 is 0 Å². The van der Waals surface area contributed by atoms with Crippen molar-refractivity contribution in [3.05, 3.63) is 22.4 Å². The molecule has 1 atom stereocenters. The minimum Gasteiger partial charge on any atom is -0.302 e. The van der Waals surface area contributed by atoms with Gasteiger partial charge in [-0.3, -0.25) is 0 Å². The van der Waals surface area contributed by atoms with Gasteiger partial charge in [0.25, 0.3) is 0 Å². The van der Waals surface area contributed by atoms with Crippen molar-refractivity contribution in [2.45, 2.75) is 24.6 Å². The Morgan fingerprint density at radius 3 is 3.21 bits per heavy atom. The van der Waals surface area contributed by atoms with E-state index in [-0.39, 0.29) is 0 Å². The summed E-state index contributed by atoms with van der Waals surface area (Å²) in [7, 11) is 0. The van der Waals surface area contributed by atoms with Crippen molar-refractivity contribution < 1.29 is 0 Å². The van der Waals surface area contributed by atoms with Gasteiger partial charge in [-0.15, -0.1) is 11.6 Å². The van der Waals surface area contributed by atoms with Crippen LogP contribution >= 0.6 is 22.9 Å². The van der Waals surface area contributed by atoms with Gasteiger partial charge in [0, 0.05) is 18.5 Å². The lowest BCUT2D eigenvalue weighted by atomic mass is 10.1. The molecule has 0 spiro atoms. The van der Waals surface area contributed by atoms with E-state index in [9.17, 15) is 0 Å². The fourth-order valence-corrected chi connectivity index (χ4v) is 2.98. The maximum absolute atomic E-state index is 6.13. The Balaban J connectivity index is 1.75. The van der Waals surface area contributed by atoms with Crippen LogP contribution in [0.5, 0.6) is 0 Å². The Hall–Kier alpha value is -0.0500. The fraction of sp³-hybridized carbons (Fsp3) is 0.636. The molecule has 1 fully saturated rings. The topological polar surface area (TPSA) is 3.24 Å². The van der Waals surface area contributed by atoms with Crippen LogP contribution in [-0.4, -0.2) is 29.9 Å². The number of piperidine rings is 1. The van der Waals surface area contributed by atoms with Gasteiger partial charge >= 0.3 is 0 Å². The average Bonchev–Trinajstić information content (AvgIpc) is 2.67. The highest BCUT2D eigenvalue weighted by molar-refractivity contribution is 7.07. The highest BCUT2D eigenvalue weighted by atomic mass is 35.5. The van der Waals surface area contributed by atoms with Crippen molar-refractivity contribution in [2.24, 2.45) is 0 Å². The Labute approximate surface area is 94.7 Å². The summed E-state index contributed by atoms with van der Waals surface area (Å²) in [6.07, 6.45) is 3.63. The molecule has 0 radical (unpaired) electrons. The van der Waals surface area contributed by atoms with Gasteiger partial charge in [-0.1, -0.05) is 0 Å². The molecule has 2 heterocycles. The highest BCUT2D eigenvalue weighted by Crippen LogP contribution is 2.15. The van der Waals surface area contributed by atoms with Crippen LogP contribution in [0, 0.1) is 0 Å². The van der Waals surface area contributed by atoms with Crippen LogP contribution in [0.25, 0.3) is 0 Å². The van der Waals surface area contributed by atoms with Gasteiger partial charge in [0.1, 0.15) is 0 Å². The van der Waals surface area contributed by atoms with Crippen LogP contribution < -0.4 is 0 Å². The molecule has 0 N–H and O–H groups in total. The number of alkyl halides is 1. The van der Waals surface area contributed by atoms with Crippen molar-refractivity contribution in [1.29, 1.82) is 0 Å². The zero-order chi connectivity index (χ0) is 9.80. The van der Waals surface area contributed by atoms with E-state index in [0.717, 1.165) is 6.54 Å². The van der Waals surface area contributed by atoms with Crippen LogP contribution in [0.15, 0.2) is 16.8 Å². The molecule has 0 aliphatic carbocycles. The quantitative estimate of drug-likeness (QED) is 0.721. The lowest BCUT2D eigenvalue weighted by Gasteiger charge is -2.29. The molecule has 14 heavy (non-hydrogen) atoms. The molecule has 1 aliphatic rings. The predicted molar refractivity (Wildman–Crippen MR) is 63.3 cm³/mol. The van der Waals surface area contributed by atoms with E-state index in [1.54, 1.807) is 11.3 Å². The summed E-state index contributed by atoms with van der Waals surface area (Å²) < 4.78 is 0. The average molecular weight is 230 g/mol. The second-order valence-corrected chi connectivity index (χ2v) is 5.32. The third-order valence-corrected chi connectivity index (χ3v) is 3.83. The van der Waals surface area contributed by atoms with Gasteiger partial charge in [-0.2, -0.15) is 11.3 Å². The Bertz CT molecular complexity index is 260. The largest absolute Gasteiger partial charge is 0.302 e. The Kier molecular flexibility index (Phi) is 3.85. The second kappa shape index (κ2) is 5.15. The third kappa shape index (κ3) is 2.97. The third-order valence-electron chi connectivity index (χ3n) is 2.74. The van der Waals surface area contributed by atoms with E-state index in [1.165, 1.54) is 37.9 Å². The smallest absolute Gasteiger partial charge is 0.0463 e. The lowest BCUT2D eigenvalue weighted by Crippen LogP contribution is -2.37. The van der Waals surface area contributed by atoms with Crippen molar-refractivity contribution in [3.63, 3.8) is 0 Å². The summed E-state index contributed by atoms with van der Waals surface area (Å²) in [6, 6.07) is 2.22. The molecular formula is C11H16ClNS. The monoisotopic (exact) mass is 229 g/mol. The summed E-state index contributed by atoms with van der Waals surface area (Å²) in [4.78, 5) is 2.48. The first-order valence-corrected chi connectivity index (χ1v) is 6.60. The van der Waals surface area contributed by atoms with Gasteiger partial charge in [-0.25, -0.2) is 0 Å². The van der Waals surface area contributed by atoms with E-state index in [1.807, 2.05) is 0 Å². The van der Waals surface area contributed by atoms with Crippen molar-refractivity contribution in [1.82, 2.24) is 4.90 Å². The molecule has 1 aromatic heterocycles. The first-order valence-electron chi connectivity index (χ1n) is 5.22. The summed E-state index contributed by atoms with van der Waals surface area (Å²) in [5, 5.41) is 4.77. The standard InChI is InChI=1S/C11H16ClNS/c12-11-2-1-5-13(8-11)6-3-10-4-7-14-9-10/h4,7,9,11H,1-3,5-6,8H2. The molecule has 0 bridgehead atoms. The molecule has 78 valence electrons. The van der Waals surface area contributed by atoms with Gasteiger partial charge in [0.15, 0.2) is 0 Å². The minimum atomic E-state index is 0.381. The fourth-order valence-electron chi connectivity index (χ4n) is 1.92. The summed E-state index contributed by atoms with van der Waals surface area (Å²) >= 11 is 7.91. The van der Waals surface area contributed by atoms with Gasteiger partial charge in [0.05, 0.1) is 0 Å². The van der Waals surface area contributed by atoms with Gasteiger partial charge < -0.3 is 4.90 Å². The number of nitrogens with zero attached hydrogens (tertiary/aromatic N) is 1.